The van der Waals surface area contributed by atoms with Gasteiger partial charge in [0.15, 0.2) is 17.5 Å². The van der Waals surface area contributed by atoms with Crippen LogP contribution >= 0.6 is 0 Å². The van der Waals surface area contributed by atoms with Gasteiger partial charge >= 0.3 is 23.9 Å². The highest BCUT2D eigenvalue weighted by Gasteiger charge is 2.78. The van der Waals surface area contributed by atoms with Gasteiger partial charge in [0.25, 0.3) is 0 Å². The Balaban J connectivity index is 1.57. The normalized spacial score (nSPS) is 34.8. The van der Waals surface area contributed by atoms with Crippen molar-refractivity contribution in [3.8, 4) is 0 Å². The van der Waals surface area contributed by atoms with E-state index in [-0.39, 0.29) is 37.0 Å². The van der Waals surface area contributed by atoms with Crippen LogP contribution in [0.5, 0.6) is 0 Å². The molecule has 2 saturated carbocycles. The van der Waals surface area contributed by atoms with Crippen LogP contribution in [0.1, 0.15) is 82.8 Å². The molecule has 1 saturated heterocycles. The molecule has 13 nitrogen and oxygen atoms in total. The zero-order chi connectivity index (χ0) is 38.7. The van der Waals surface area contributed by atoms with Gasteiger partial charge in [0.05, 0.1) is 36.0 Å². The molecule has 0 radical (unpaired) electrons. The van der Waals surface area contributed by atoms with E-state index in [4.69, 9.17) is 29.4 Å². The Hall–Kier alpha value is -4.43. The zero-order valence-corrected chi connectivity index (χ0v) is 30.7. The predicted octanol–water partition coefficient (Wildman–Crippen LogP) is 3.29. The van der Waals surface area contributed by atoms with E-state index in [1.165, 1.54) is 26.0 Å². The van der Waals surface area contributed by atoms with Gasteiger partial charge < -0.3 is 39.6 Å². The Kier molecular flexibility index (Phi) is 9.95. The number of carbonyl (C=O) groups is 5. The molecule has 10 atom stereocenters. The minimum absolute atomic E-state index is 0.123. The summed E-state index contributed by atoms with van der Waals surface area (Å²) in [6.45, 7) is 8.38. The summed E-state index contributed by atoms with van der Waals surface area (Å²) in [5.74, 6) is -5.36. The third-order valence-corrected chi connectivity index (χ3v) is 12.1. The molecule has 2 bridgehead atoms. The number of nitrogens with two attached hydrogens (primary N) is 1. The van der Waals surface area contributed by atoms with Crippen molar-refractivity contribution in [1.29, 1.82) is 0 Å². The molecule has 2 aromatic rings. The summed E-state index contributed by atoms with van der Waals surface area (Å²) in [4.78, 5) is 68.6. The van der Waals surface area contributed by atoms with Gasteiger partial charge in [-0.3, -0.25) is 19.2 Å². The van der Waals surface area contributed by atoms with E-state index in [0.29, 0.717) is 11.1 Å². The number of fused-ring (bicyclic) bond motifs is 5. The number of Topliss-reactive ketones (excluding diaryl/α,β-unsaturated/α-hetero) is 1. The molecule has 4 aliphatic rings. The predicted molar refractivity (Wildman–Crippen MR) is 187 cm³/mol. The van der Waals surface area contributed by atoms with Crippen molar-refractivity contribution in [3.63, 3.8) is 0 Å². The standard InChI is InChI=1S/C40H47NO12/c1-21-27(51-30(45)17-26(41)24-13-9-7-10-14-24)19-40(48)35(52-36(47)25-15-11-8-12-16-25)33-38(6,28(44)18-29-39(33,20-49-29)53-23(3)43)34(46)32(50-22(2)42)31(21)37(40,4)5/h7-16,26-29,32-33,35,44,48H,17-20,41H2,1-6H3. The molecule has 13 heteroatoms. The number of ether oxygens (including phenoxy) is 5. The number of aliphatic hydroxyl groups excluding tert-OH is 1. The molecular weight excluding hydrogens is 686 g/mol. The summed E-state index contributed by atoms with van der Waals surface area (Å²) in [6.07, 6.45) is -7.80. The quantitative estimate of drug-likeness (QED) is 0.203. The first-order valence-corrected chi connectivity index (χ1v) is 17.8. The average molecular weight is 734 g/mol. The van der Waals surface area contributed by atoms with Crippen molar-refractivity contribution in [3.05, 3.63) is 82.9 Å². The van der Waals surface area contributed by atoms with Gasteiger partial charge in [-0.2, -0.15) is 0 Å². The molecule has 10 unspecified atom stereocenters. The highest BCUT2D eigenvalue weighted by Crippen LogP contribution is 2.64. The number of hydrogen-bond donors (Lipinski definition) is 3. The van der Waals surface area contributed by atoms with Crippen molar-refractivity contribution < 1.29 is 57.9 Å². The number of benzene rings is 2. The van der Waals surface area contributed by atoms with Crippen LogP contribution in [-0.2, 0) is 42.9 Å². The van der Waals surface area contributed by atoms with Crippen LogP contribution in [0.25, 0.3) is 0 Å². The maximum absolute atomic E-state index is 15.3. The highest BCUT2D eigenvalue weighted by molar-refractivity contribution is 5.95. The lowest BCUT2D eigenvalue weighted by atomic mass is 9.44. The number of hydrogen-bond acceptors (Lipinski definition) is 13. The fraction of sp³-hybridized carbons (Fsp3) is 0.525. The van der Waals surface area contributed by atoms with Crippen LogP contribution in [0, 0.1) is 16.7 Å². The molecule has 4 N–H and O–H groups in total. The van der Waals surface area contributed by atoms with Crippen molar-refractivity contribution >= 4 is 29.7 Å². The number of aliphatic hydroxyl groups is 2. The minimum atomic E-state index is -2.23. The first-order chi connectivity index (χ1) is 24.9. The van der Waals surface area contributed by atoms with E-state index in [0.717, 1.165) is 6.92 Å². The molecule has 2 aromatic carbocycles. The number of carbonyl (C=O) groups excluding carboxylic acids is 5. The SMILES string of the molecule is CC(=O)OC1C(=O)C2(C)C(O)CC3OCC3(OC(C)=O)C2C(OC(=O)c2ccccc2)C2(O)CC(OC(=O)CC(N)c3ccccc3)C(C)=C1C2(C)C. The molecule has 1 heterocycles. The Morgan fingerprint density at radius 1 is 0.943 bits per heavy atom. The second kappa shape index (κ2) is 13.8. The van der Waals surface area contributed by atoms with Crippen LogP contribution in [-0.4, -0.2) is 88.2 Å². The molecule has 3 aliphatic carbocycles. The molecule has 0 spiro atoms. The summed E-state index contributed by atoms with van der Waals surface area (Å²) in [5, 5.41) is 25.4. The van der Waals surface area contributed by atoms with E-state index in [2.05, 4.69) is 0 Å². The Bertz CT molecular complexity index is 1830. The van der Waals surface area contributed by atoms with Gasteiger partial charge in [0, 0.05) is 38.1 Å². The first-order valence-electron chi connectivity index (χ1n) is 17.8. The Labute approximate surface area is 307 Å². The summed E-state index contributed by atoms with van der Waals surface area (Å²) < 4.78 is 30.1. The fourth-order valence-corrected chi connectivity index (χ4v) is 9.22. The van der Waals surface area contributed by atoms with Gasteiger partial charge in [0.1, 0.15) is 23.9 Å². The van der Waals surface area contributed by atoms with Crippen molar-refractivity contribution in [2.24, 2.45) is 22.5 Å². The van der Waals surface area contributed by atoms with E-state index in [9.17, 15) is 29.4 Å². The zero-order valence-electron chi connectivity index (χ0n) is 30.7. The van der Waals surface area contributed by atoms with Crippen LogP contribution in [0.3, 0.4) is 0 Å². The smallest absolute Gasteiger partial charge is 0.338 e. The van der Waals surface area contributed by atoms with Crippen LogP contribution < -0.4 is 5.73 Å². The lowest BCUT2D eigenvalue weighted by Crippen LogP contribution is -2.82. The van der Waals surface area contributed by atoms with Crippen LogP contribution in [0.4, 0.5) is 0 Å². The molecule has 1 aliphatic heterocycles. The summed E-state index contributed by atoms with van der Waals surface area (Å²) in [6, 6.07) is 16.3. The lowest BCUT2D eigenvalue weighted by Gasteiger charge is -2.67. The van der Waals surface area contributed by atoms with Gasteiger partial charge in [-0.25, -0.2) is 4.79 Å². The minimum Gasteiger partial charge on any atom is -0.458 e. The van der Waals surface area contributed by atoms with Gasteiger partial charge in [0.2, 0.25) is 0 Å². The molecule has 53 heavy (non-hydrogen) atoms. The maximum Gasteiger partial charge on any atom is 0.338 e. The van der Waals surface area contributed by atoms with E-state index in [1.807, 2.05) is 6.07 Å². The monoisotopic (exact) mass is 733 g/mol. The van der Waals surface area contributed by atoms with Crippen molar-refractivity contribution in [2.45, 2.75) is 109 Å². The molecule has 3 fully saturated rings. The maximum atomic E-state index is 15.3. The van der Waals surface area contributed by atoms with E-state index >= 15 is 4.79 Å². The van der Waals surface area contributed by atoms with Gasteiger partial charge in [-0.1, -0.05) is 62.4 Å². The number of rotatable bonds is 8. The second-order valence-electron chi connectivity index (χ2n) is 15.5. The third kappa shape index (κ3) is 6.17. The topological polar surface area (TPSA) is 198 Å². The van der Waals surface area contributed by atoms with Crippen molar-refractivity contribution in [2.75, 3.05) is 6.61 Å². The second-order valence-corrected chi connectivity index (χ2v) is 15.5. The lowest BCUT2D eigenvalue weighted by molar-refractivity contribution is -0.346. The van der Waals surface area contributed by atoms with Gasteiger partial charge in [-0.15, -0.1) is 0 Å². The molecular formula is C40H47NO12. The average Bonchev–Trinajstić information content (AvgIpc) is 3.10. The third-order valence-electron chi connectivity index (χ3n) is 12.1. The summed E-state index contributed by atoms with van der Waals surface area (Å²) in [5.41, 5.74) is 0.239. The number of ketones is 1. The van der Waals surface area contributed by atoms with Crippen LogP contribution in [0.2, 0.25) is 0 Å². The molecule has 0 aromatic heterocycles. The molecule has 6 rings (SSSR count). The first kappa shape index (κ1) is 38.3. The van der Waals surface area contributed by atoms with E-state index < -0.39 is 94.2 Å². The molecule has 0 amide bonds. The Morgan fingerprint density at radius 2 is 1.57 bits per heavy atom. The summed E-state index contributed by atoms with van der Waals surface area (Å²) in [7, 11) is 0. The van der Waals surface area contributed by atoms with Crippen LogP contribution in [0.15, 0.2) is 71.8 Å². The fourth-order valence-electron chi connectivity index (χ4n) is 9.22. The summed E-state index contributed by atoms with van der Waals surface area (Å²) >= 11 is 0. The highest BCUT2D eigenvalue weighted by atomic mass is 16.6. The van der Waals surface area contributed by atoms with Crippen molar-refractivity contribution in [1.82, 2.24) is 0 Å². The largest absolute Gasteiger partial charge is 0.458 e. The van der Waals surface area contributed by atoms with E-state index in [1.54, 1.807) is 63.2 Å². The molecule has 284 valence electrons. The number of esters is 4. The van der Waals surface area contributed by atoms with Gasteiger partial charge in [-0.05, 0) is 42.7 Å². The Morgan fingerprint density at radius 3 is 2.13 bits per heavy atom.